The van der Waals surface area contributed by atoms with Crippen LogP contribution in [0.5, 0.6) is 0 Å². The summed E-state index contributed by atoms with van der Waals surface area (Å²) >= 11 is 6.34. The summed E-state index contributed by atoms with van der Waals surface area (Å²) in [5.41, 5.74) is -1.01. The molecule has 0 unspecified atom stereocenters. The molecular weight excluding hydrogens is 766 g/mol. The lowest BCUT2D eigenvalue weighted by Crippen LogP contribution is -2.59. The van der Waals surface area contributed by atoms with Crippen molar-refractivity contribution in [3.05, 3.63) is 46.5 Å². The van der Waals surface area contributed by atoms with Gasteiger partial charge in [0.15, 0.2) is 0 Å². The molecular formula is C36H47ClF2N6O9S. The van der Waals surface area contributed by atoms with Crippen molar-refractivity contribution in [1.82, 2.24) is 29.5 Å². The fourth-order valence-electron chi connectivity index (χ4n) is 7.52. The predicted octanol–water partition coefficient (Wildman–Crippen LogP) is 3.75. The lowest BCUT2D eigenvalue weighted by molar-refractivity contribution is -0.141. The summed E-state index contributed by atoms with van der Waals surface area (Å²) in [5, 5.41) is 5.84. The van der Waals surface area contributed by atoms with Gasteiger partial charge in [-0.05, 0) is 63.6 Å². The van der Waals surface area contributed by atoms with E-state index >= 15 is 0 Å². The van der Waals surface area contributed by atoms with E-state index in [-0.39, 0.29) is 38.9 Å². The van der Waals surface area contributed by atoms with Gasteiger partial charge in [0, 0.05) is 36.9 Å². The number of nitrogens with zero attached hydrogens (tertiary/aromatic N) is 3. The Kier molecular flexibility index (Phi) is 11.4. The molecule has 55 heavy (non-hydrogen) atoms. The first-order valence-corrected chi connectivity index (χ1v) is 20.3. The van der Waals surface area contributed by atoms with Crippen LogP contribution >= 0.6 is 11.6 Å². The molecule has 3 fully saturated rings. The monoisotopic (exact) mass is 812 g/mol. The van der Waals surface area contributed by atoms with Gasteiger partial charge in [0.2, 0.25) is 11.8 Å². The molecule has 2 saturated heterocycles. The molecule has 1 aromatic carbocycles. The van der Waals surface area contributed by atoms with E-state index in [0.717, 1.165) is 11.1 Å². The minimum Gasteiger partial charge on any atom is -0.444 e. The van der Waals surface area contributed by atoms with E-state index in [4.69, 9.17) is 21.1 Å². The van der Waals surface area contributed by atoms with E-state index in [9.17, 15) is 41.2 Å². The molecule has 0 radical (unpaired) electrons. The molecule has 6 rings (SSSR count). The molecule has 5 amide bonds. The van der Waals surface area contributed by atoms with Crippen molar-refractivity contribution >= 4 is 51.7 Å². The van der Waals surface area contributed by atoms with E-state index in [1.807, 2.05) is 16.9 Å². The molecule has 1 aromatic rings. The lowest BCUT2D eigenvalue weighted by Gasteiger charge is -2.30. The van der Waals surface area contributed by atoms with Crippen LogP contribution in [0.3, 0.4) is 0 Å². The normalized spacial score (nSPS) is 29.1. The van der Waals surface area contributed by atoms with Crippen molar-refractivity contribution in [2.75, 3.05) is 19.6 Å². The summed E-state index contributed by atoms with van der Waals surface area (Å²) in [6, 6.07) is 2.91. The number of alkyl carbamates (subject to hydrolysis) is 1. The summed E-state index contributed by atoms with van der Waals surface area (Å²) in [6.07, 6.45) is 2.84. The summed E-state index contributed by atoms with van der Waals surface area (Å²) in [5.74, 6) is -6.46. The Bertz CT molecular complexity index is 1860. The summed E-state index contributed by atoms with van der Waals surface area (Å²) in [7, 11) is -4.69. The van der Waals surface area contributed by atoms with Crippen molar-refractivity contribution in [2.45, 2.75) is 120 Å². The van der Waals surface area contributed by atoms with Crippen LogP contribution in [0.15, 0.2) is 30.4 Å². The van der Waals surface area contributed by atoms with Gasteiger partial charge in [-0.1, -0.05) is 48.7 Å². The van der Waals surface area contributed by atoms with Crippen molar-refractivity contribution in [1.29, 1.82) is 0 Å². The largest absolute Gasteiger partial charge is 0.444 e. The lowest BCUT2D eigenvalue weighted by atomic mass is 10.0. The Hall–Kier alpha value is -4.03. The van der Waals surface area contributed by atoms with Gasteiger partial charge in [0.05, 0.1) is 19.6 Å². The third kappa shape index (κ3) is 9.34. The number of alkyl halides is 2. The maximum absolute atomic E-state index is 14.4. The highest BCUT2D eigenvalue weighted by Gasteiger charge is 2.62. The molecule has 5 aliphatic rings. The molecule has 0 bridgehead atoms. The van der Waals surface area contributed by atoms with Crippen molar-refractivity contribution in [2.24, 2.45) is 5.92 Å². The van der Waals surface area contributed by atoms with E-state index in [0.29, 0.717) is 35.0 Å². The van der Waals surface area contributed by atoms with Gasteiger partial charge in [0.25, 0.3) is 11.8 Å². The molecule has 1 saturated carbocycles. The SMILES string of the molecule is CC(C)(C)OC(=O)N[C@H]1CCCCC/C=C\[C@@H]2C[C@@]2(C(=O)NS(=O)(=O)N2CCC(F)(F)C2)NC(=O)[C@@H]2C[C@@H](OC(=O)N3Cc4cccc(Cl)c4C3)CN2C1=O. The molecule has 302 valence electrons. The second-order valence-corrected chi connectivity index (χ2v) is 18.0. The number of ether oxygens (including phenoxy) is 2. The van der Waals surface area contributed by atoms with Crippen LogP contribution in [0.4, 0.5) is 18.4 Å². The fraction of sp³-hybridized carbons (Fsp3) is 0.639. The number of amides is 5. The van der Waals surface area contributed by atoms with E-state index in [1.165, 1.54) is 9.80 Å². The molecule has 1 aliphatic carbocycles. The van der Waals surface area contributed by atoms with E-state index in [2.05, 4.69) is 10.6 Å². The zero-order chi connectivity index (χ0) is 39.9. The maximum atomic E-state index is 14.4. The zero-order valence-electron chi connectivity index (χ0n) is 30.9. The summed E-state index contributed by atoms with van der Waals surface area (Å²) in [4.78, 5) is 71.4. The molecule has 19 heteroatoms. The number of rotatable bonds is 5. The van der Waals surface area contributed by atoms with Gasteiger partial charge in [-0.3, -0.25) is 19.3 Å². The first kappa shape index (κ1) is 40.6. The van der Waals surface area contributed by atoms with Gasteiger partial charge in [-0.2, -0.15) is 12.7 Å². The average Bonchev–Trinajstić information content (AvgIpc) is 3.41. The van der Waals surface area contributed by atoms with Crippen LogP contribution in [0, 0.1) is 5.92 Å². The Labute approximate surface area is 323 Å². The fourth-order valence-corrected chi connectivity index (χ4v) is 9.01. The van der Waals surface area contributed by atoms with Crippen LogP contribution in [-0.4, -0.2) is 107 Å². The first-order valence-electron chi connectivity index (χ1n) is 18.5. The van der Waals surface area contributed by atoms with Crippen LogP contribution in [0.25, 0.3) is 0 Å². The second kappa shape index (κ2) is 15.5. The molecule has 0 spiro atoms. The Balaban J connectivity index is 1.25. The van der Waals surface area contributed by atoms with Crippen molar-refractivity contribution < 1.29 is 50.6 Å². The van der Waals surface area contributed by atoms with Gasteiger partial charge in [0.1, 0.15) is 29.3 Å². The van der Waals surface area contributed by atoms with Crippen LogP contribution in [0.1, 0.15) is 83.3 Å². The first-order chi connectivity index (χ1) is 25.8. The summed E-state index contributed by atoms with van der Waals surface area (Å²) < 4.78 is 67.6. The number of benzene rings is 1. The molecule has 4 heterocycles. The number of nitrogens with one attached hydrogen (secondary N) is 3. The highest BCUT2D eigenvalue weighted by molar-refractivity contribution is 7.87. The minimum atomic E-state index is -4.69. The topological polar surface area (TPSA) is 184 Å². The third-order valence-corrected chi connectivity index (χ3v) is 12.3. The number of allylic oxidation sites excluding steroid dienone is 1. The molecule has 0 aromatic heterocycles. The molecule has 3 N–H and O–H groups in total. The standard InChI is InChI=1S/C36H47ClF2N6O9S/c1-34(2,3)54-32(49)40-27-13-8-6-4-5-7-11-23-17-36(23,31(48)42-55(51,52)44-15-14-35(38,39)21-44)41-29(46)28-16-24(19-45(28)30(27)47)53-33(50)43-18-22-10-9-12-26(37)25(22)20-43/h7,9-12,23-24,27-28H,4-6,8,13-21H2,1-3H3,(H,40,49)(H,41,46)(H,42,48)/b11-7-/t23-,24-,27+,28+,36-/m1/s1. The number of hydrogen-bond acceptors (Lipinski definition) is 9. The number of carbonyl (C=O) groups is 5. The predicted molar refractivity (Wildman–Crippen MR) is 194 cm³/mol. The van der Waals surface area contributed by atoms with Crippen molar-refractivity contribution in [3.63, 3.8) is 0 Å². The number of halogens is 3. The minimum absolute atomic E-state index is 0.00668. The van der Waals surface area contributed by atoms with Gasteiger partial charge in [-0.25, -0.2) is 23.1 Å². The van der Waals surface area contributed by atoms with Gasteiger partial charge < -0.3 is 25.0 Å². The average molecular weight is 813 g/mol. The van der Waals surface area contributed by atoms with Crippen LogP contribution in [0.2, 0.25) is 5.02 Å². The van der Waals surface area contributed by atoms with E-state index < -0.39 is 101 Å². The smallest absolute Gasteiger partial charge is 0.410 e. The maximum Gasteiger partial charge on any atom is 0.410 e. The molecule has 5 atom stereocenters. The quantitative estimate of drug-likeness (QED) is 0.373. The highest BCUT2D eigenvalue weighted by Crippen LogP contribution is 2.46. The van der Waals surface area contributed by atoms with Crippen LogP contribution < -0.4 is 15.4 Å². The number of hydrogen-bond donors (Lipinski definition) is 3. The van der Waals surface area contributed by atoms with Crippen molar-refractivity contribution in [3.8, 4) is 0 Å². The number of carbonyl (C=O) groups excluding carboxylic acids is 5. The summed E-state index contributed by atoms with van der Waals surface area (Å²) in [6.45, 7) is 3.64. The van der Waals surface area contributed by atoms with Gasteiger partial charge >= 0.3 is 22.4 Å². The zero-order valence-corrected chi connectivity index (χ0v) is 32.5. The van der Waals surface area contributed by atoms with E-state index in [1.54, 1.807) is 39.0 Å². The molecule has 4 aliphatic heterocycles. The highest BCUT2D eigenvalue weighted by atomic mass is 35.5. The Morgan fingerprint density at radius 2 is 1.85 bits per heavy atom. The third-order valence-electron chi connectivity index (χ3n) is 10.5. The van der Waals surface area contributed by atoms with Crippen LogP contribution in [-0.2, 0) is 47.2 Å². The van der Waals surface area contributed by atoms with Gasteiger partial charge in [-0.15, -0.1) is 0 Å². The Morgan fingerprint density at radius 1 is 1.09 bits per heavy atom. The molecule has 15 nitrogen and oxygen atoms in total. The second-order valence-electron chi connectivity index (χ2n) is 15.9. The Morgan fingerprint density at radius 3 is 2.55 bits per heavy atom. The number of fused-ring (bicyclic) bond motifs is 3.